The number of nitrogens with two attached hydrogens (primary N) is 1. The van der Waals surface area contributed by atoms with E-state index in [9.17, 15) is 19.5 Å². The number of benzene rings is 1. The molecule has 4 rings (SSSR count). The van der Waals surface area contributed by atoms with E-state index in [1.54, 1.807) is 24.3 Å². The van der Waals surface area contributed by atoms with Gasteiger partial charge < -0.3 is 34.8 Å². The third-order valence-electron chi connectivity index (χ3n) is 6.04. The van der Waals surface area contributed by atoms with Gasteiger partial charge in [0.25, 0.3) is 5.91 Å². The number of rotatable bonds is 8. The molecule has 2 heterocycles. The van der Waals surface area contributed by atoms with Crippen LogP contribution in [-0.2, 0) is 15.1 Å². The minimum atomic E-state index is -1.58. The standard InChI is InChI=1S/C24H24N4O8/c1-33-15-9-12(10-16(34-2)20(15)35-3)28-14-11-17(26-19(21(25)29)18(14)27-23(28)32)24(36-4)8-6-5-7-13(24)22(30)31/h5-11,13H,1-4H3,(H2,25,29)(H,27,32)(H,30,31). The van der Waals surface area contributed by atoms with Gasteiger partial charge in [0, 0.05) is 19.2 Å². The van der Waals surface area contributed by atoms with Crippen LogP contribution in [0.2, 0.25) is 0 Å². The number of ether oxygens (including phenoxy) is 4. The SMILES string of the molecule is COc1cc(-n2c(=O)[nH]c3c(C(N)=O)nc(C4(OC)C=CC=CC4C(=O)O)cc32)cc(OC)c1OC. The van der Waals surface area contributed by atoms with E-state index in [1.165, 1.54) is 51.2 Å². The highest BCUT2D eigenvalue weighted by atomic mass is 16.5. The third-order valence-corrected chi connectivity index (χ3v) is 6.04. The van der Waals surface area contributed by atoms with Crippen LogP contribution in [0.25, 0.3) is 16.7 Å². The van der Waals surface area contributed by atoms with E-state index >= 15 is 0 Å². The highest BCUT2D eigenvalue weighted by Crippen LogP contribution is 2.41. The monoisotopic (exact) mass is 496 g/mol. The predicted molar refractivity (Wildman–Crippen MR) is 128 cm³/mol. The largest absolute Gasteiger partial charge is 0.493 e. The maximum atomic E-state index is 13.1. The molecular weight excluding hydrogens is 472 g/mol. The van der Waals surface area contributed by atoms with Gasteiger partial charge in [-0.15, -0.1) is 0 Å². The number of nitrogens with one attached hydrogen (secondary N) is 1. The second-order valence-electron chi connectivity index (χ2n) is 7.82. The van der Waals surface area contributed by atoms with Gasteiger partial charge in [0.15, 0.2) is 17.2 Å². The maximum absolute atomic E-state index is 13.1. The smallest absolute Gasteiger partial charge is 0.331 e. The molecule has 0 bridgehead atoms. The first-order chi connectivity index (χ1) is 17.2. The number of imidazole rings is 1. The van der Waals surface area contributed by atoms with Gasteiger partial charge >= 0.3 is 11.7 Å². The van der Waals surface area contributed by atoms with Crippen molar-refractivity contribution in [3.63, 3.8) is 0 Å². The lowest BCUT2D eigenvalue weighted by Crippen LogP contribution is -2.41. The minimum absolute atomic E-state index is 0.0680. The van der Waals surface area contributed by atoms with Crippen molar-refractivity contribution in [2.45, 2.75) is 5.60 Å². The topological polar surface area (TPSA) is 168 Å². The fourth-order valence-electron chi connectivity index (χ4n) is 4.37. The Morgan fingerprint density at radius 3 is 2.28 bits per heavy atom. The molecule has 12 heteroatoms. The summed E-state index contributed by atoms with van der Waals surface area (Å²) in [6.07, 6.45) is 6.16. The molecule has 0 radical (unpaired) electrons. The van der Waals surface area contributed by atoms with Crippen molar-refractivity contribution in [2.24, 2.45) is 11.7 Å². The van der Waals surface area contributed by atoms with Gasteiger partial charge in [0.2, 0.25) is 5.75 Å². The number of carbonyl (C=O) groups is 2. The Balaban J connectivity index is 2.09. The van der Waals surface area contributed by atoms with Crippen LogP contribution in [0.5, 0.6) is 17.2 Å². The van der Waals surface area contributed by atoms with Gasteiger partial charge in [-0.3, -0.25) is 14.2 Å². The molecule has 0 aliphatic heterocycles. The fourth-order valence-corrected chi connectivity index (χ4v) is 4.37. The fraction of sp³-hybridized carbons (Fsp3) is 0.250. The number of primary amides is 1. The first-order valence-electron chi connectivity index (χ1n) is 10.6. The quantitative estimate of drug-likeness (QED) is 0.418. The van der Waals surface area contributed by atoms with Crippen molar-refractivity contribution in [2.75, 3.05) is 28.4 Å². The zero-order chi connectivity index (χ0) is 26.2. The summed E-state index contributed by atoms with van der Waals surface area (Å²) in [5.74, 6) is -2.36. The number of hydrogen-bond acceptors (Lipinski definition) is 8. The number of carboxylic acids is 1. The lowest BCUT2D eigenvalue weighted by molar-refractivity contribution is -0.148. The van der Waals surface area contributed by atoms with Gasteiger partial charge in [0.1, 0.15) is 11.5 Å². The van der Waals surface area contributed by atoms with Crippen molar-refractivity contribution < 1.29 is 33.6 Å². The Hall–Kier alpha value is -4.58. The van der Waals surface area contributed by atoms with Gasteiger partial charge in [0.05, 0.1) is 43.7 Å². The zero-order valence-electron chi connectivity index (χ0n) is 19.9. The van der Waals surface area contributed by atoms with Crippen LogP contribution in [0.15, 0.2) is 47.3 Å². The number of aromatic nitrogens is 3. The molecule has 1 aliphatic rings. The zero-order valence-corrected chi connectivity index (χ0v) is 19.9. The number of fused-ring (bicyclic) bond motifs is 1. The molecule has 1 aliphatic carbocycles. The number of aliphatic carboxylic acids is 1. The average molecular weight is 496 g/mol. The summed E-state index contributed by atoms with van der Waals surface area (Å²) in [6, 6.07) is 4.58. The summed E-state index contributed by atoms with van der Waals surface area (Å²) in [6.45, 7) is 0. The molecule has 4 N–H and O–H groups in total. The van der Waals surface area contributed by atoms with E-state index in [-0.39, 0.29) is 33.9 Å². The van der Waals surface area contributed by atoms with Crippen molar-refractivity contribution >= 4 is 22.9 Å². The Labute approximate surface area is 204 Å². The number of nitrogens with zero attached hydrogens (tertiary/aromatic N) is 2. The van der Waals surface area contributed by atoms with Crippen LogP contribution < -0.4 is 25.6 Å². The Morgan fingerprint density at radius 1 is 1.08 bits per heavy atom. The molecule has 188 valence electrons. The molecule has 3 aromatic rings. The van der Waals surface area contributed by atoms with Crippen LogP contribution in [0.1, 0.15) is 16.2 Å². The molecular formula is C24H24N4O8. The van der Waals surface area contributed by atoms with Crippen molar-refractivity contribution in [1.82, 2.24) is 14.5 Å². The summed E-state index contributed by atoms with van der Waals surface area (Å²) in [4.78, 5) is 44.6. The Bertz CT molecular complexity index is 1460. The number of allylic oxidation sites excluding steroid dienone is 2. The van der Waals surface area contributed by atoms with E-state index in [0.717, 1.165) is 0 Å². The van der Waals surface area contributed by atoms with Gasteiger partial charge in [-0.25, -0.2) is 9.78 Å². The summed E-state index contributed by atoms with van der Waals surface area (Å²) < 4.78 is 23.1. The minimum Gasteiger partial charge on any atom is -0.493 e. The first kappa shape index (κ1) is 24.5. The van der Waals surface area contributed by atoms with Crippen molar-refractivity contribution in [3.05, 3.63) is 64.4 Å². The number of methoxy groups -OCH3 is 4. The number of pyridine rings is 1. The summed E-state index contributed by atoms with van der Waals surface area (Å²) >= 11 is 0. The van der Waals surface area contributed by atoms with Crippen LogP contribution in [0.3, 0.4) is 0 Å². The predicted octanol–water partition coefficient (Wildman–Crippen LogP) is 1.51. The molecule has 0 saturated carbocycles. The molecule has 2 atom stereocenters. The molecule has 0 spiro atoms. The summed E-state index contributed by atoms with van der Waals surface area (Å²) in [5, 5.41) is 9.87. The van der Waals surface area contributed by atoms with E-state index in [0.29, 0.717) is 11.4 Å². The van der Waals surface area contributed by atoms with Gasteiger partial charge in [-0.2, -0.15) is 0 Å². The number of amides is 1. The molecule has 36 heavy (non-hydrogen) atoms. The van der Waals surface area contributed by atoms with E-state index in [1.807, 2.05) is 0 Å². The first-order valence-corrected chi connectivity index (χ1v) is 10.6. The van der Waals surface area contributed by atoms with Crippen molar-refractivity contribution in [3.8, 4) is 22.9 Å². The average Bonchev–Trinajstić information content (AvgIpc) is 3.22. The lowest BCUT2D eigenvalue weighted by atomic mass is 9.80. The number of carboxylic acid groups (broad SMARTS) is 1. The Morgan fingerprint density at radius 2 is 1.75 bits per heavy atom. The Kier molecular flexibility index (Phi) is 6.29. The number of hydrogen-bond donors (Lipinski definition) is 3. The molecule has 2 aromatic heterocycles. The molecule has 12 nitrogen and oxygen atoms in total. The van der Waals surface area contributed by atoms with Crippen LogP contribution >= 0.6 is 0 Å². The second kappa shape index (κ2) is 9.23. The van der Waals surface area contributed by atoms with Crippen LogP contribution in [0, 0.1) is 5.92 Å². The summed E-state index contributed by atoms with van der Waals surface area (Å²) in [7, 11) is 5.65. The number of carbonyl (C=O) groups excluding carboxylic acids is 1. The second-order valence-corrected chi connectivity index (χ2v) is 7.82. The lowest BCUT2D eigenvalue weighted by Gasteiger charge is -2.34. The molecule has 1 amide bonds. The normalized spacial score (nSPS) is 18.8. The third kappa shape index (κ3) is 3.67. The van der Waals surface area contributed by atoms with E-state index in [4.69, 9.17) is 24.7 Å². The molecule has 2 unspecified atom stereocenters. The van der Waals surface area contributed by atoms with Gasteiger partial charge in [-0.1, -0.05) is 18.2 Å². The highest BCUT2D eigenvalue weighted by molar-refractivity contribution is 6.02. The van der Waals surface area contributed by atoms with Crippen molar-refractivity contribution in [1.29, 1.82) is 0 Å². The van der Waals surface area contributed by atoms with E-state index < -0.39 is 29.1 Å². The van der Waals surface area contributed by atoms with Gasteiger partial charge in [-0.05, 0) is 12.1 Å². The summed E-state index contributed by atoms with van der Waals surface area (Å²) in [5.41, 5.74) is 3.82. The number of aromatic amines is 1. The molecule has 0 saturated heterocycles. The molecule has 1 aromatic carbocycles. The van der Waals surface area contributed by atoms with Crippen LogP contribution in [-0.4, -0.2) is 60.0 Å². The molecule has 0 fully saturated rings. The number of H-pyrrole nitrogens is 1. The maximum Gasteiger partial charge on any atom is 0.331 e. The highest BCUT2D eigenvalue weighted by Gasteiger charge is 2.45. The van der Waals surface area contributed by atoms with Crippen LogP contribution in [0.4, 0.5) is 0 Å². The van der Waals surface area contributed by atoms with E-state index in [2.05, 4.69) is 9.97 Å².